The molecule has 1 saturated heterocycles. The number of carbonyl (C=O) groups is 3. The number of hydrogen-bond acceptors (Lipinski definition) is 6. The van der Waals surface area contributed by atoms with E-state index in [9.17, 15) is 24.6 Å². The first-order valence-electron chi connectivity index (χ1n) is 18.5. The van der Waals surface area contributed by atoms with Crippen LogP contribution in [0.2, 0.25) is 0 Å². The topological polar surface area (TPSA) is 131 Å². The lowest BCUT2D eigenvalue weighted by Gasteiger charge is -2.33. The molecule has 1 aromatic rings. The smallest absolute Gasteiger partial charge is 0.242 e. The third-order valence-corrected chi connectivity index (χ3v) is 11.1. The maximum Gasteiger partial charge on any atom is 0.242 e. The second-order valence-electron chi connectivity index (χ2n) is 15.0. The van der Waals surface area contributed by atoms with E-state index in [0.717, 1.165) is 69.9 Å². The van der Waals surface area contributed by atoms with E-state index < -0.39 is 36.1 Å². The summed E-state index contributed by atoms with van der Waals surface area (Å²) in [5, 5.41) is 28.1. The lowest BCUT2D eigenvalue weighted by molar-refractivity contribution is -0.138. The monoisotopic (exact) mass is 660 g/mol. The number of aliphatic imine (C=N–C) groups is 1. The molecule has 2 saturated carbocycles. The Morgan fingerprint density at radius 3 is 2.40 bits per heavy atom. The van der Waals surface area contributed by atoms with Gasteiger partial charge < -0.3 is 25.7 Å². The van der Waals surface area contributed by atoms with Crippen LogP contribution in [0.25, 0.3) is 0 Å². The zero-order valence-corrected chi connectivity index (χ0v) is 28.5. The lowest BCUT2D eigenvalue weighted by Crippen LogP contribution is -2.56. The highest BCUT2D eigenvalue weighted by Crippen LogP contribution is 2.36. The quantitative estimate of drug-likeness (QED) is 0.211. The molecule has 5 rings (SSSR count). The molecule has 3 fully saturated rings. The first-order valence-corrected chi connectivity index (χ1v) is 18.5. The number of aliphatic hydroxyl groups is 2. The number of nitrogens with one attached hydrogen (secondary N) is 2. The highest BCUT2D eigenvalue weighted by molar-refractivity contribution is 5.91. The summed E-state index contributed by atoms with van der Waals surface area (Å²) < 4.78 is 0. The summed E-state index contributed by atoms with van der Waals surface area (Å²) in [5.74, 6) is 2.21. The fourth-order valence-corrected chi connectivity index (χ4v) is 7.93. The molecule has 2 bridgehead atoms. The van der Waals surface area contributed by atoms with Crippen molar-refractivity contribution in [3.63, 3.8) is 0 Å². The zero-order chi connectivity index (χ0) is 33.9. The number of carbonyl (C=O) groups excluding carboxylic acids is 3. The van der Waals surface area contributed by atoms with E-state index in [1.54, 1.807) is 0 Å². The van der Waals surface area contributed by atoms with Crippen molar-refractivity contribution in [2.24, 2.45) is 34.6 Å². The van der Waals surface area contributed by atoms with Gasteiger partial charge in [-0.2, -0.15) is 0 Å². The van der Waals surface area contributed by atoms with Gasteiger partial charge in [0.15, 0.2) is 0 Å². The minimum absolute atomic E-state index is 0.0424. The molecular weight excluding hydrogens is 604 g/mol. The highest BCUT2D eigenvalue weighted by atomic mass is 16.3. The van der Waals surface area contributed by atoms with Gasteiger partial charge in [-0.15, -0.1) is 12.3 Å². The molecule has 2 aliphatic carbocycles. The van der Waals surface area contributed by atoms with Crippen molar-refractivity contribution in [3.8, 4) is 12.3 Å². The van der Waals surface area contributed by atoms with Crippen molar-refractivity contribution < 1.29 is 24.6 Å². The molecule has 0 spiro atoms. The van der Waals surface area contributed by atoms with Crippen molar-refractivity contribution in [1.29, 1.82) is 0 Å². The Morgan fingerprint density at radius 2 is 1.67 bits per heavy atom. The summed E-state index contributed by atoms with van der Waals surface area (Å²) in [5.41, 5.74) is 0.942. The van der Waals surface area contributed by atoms with Gasteiger partial charge >= 0.3 is 0 Å². The molecule has 2 heterocycles. The Balaban J connectivity index is 1.29. The van der Waals surface area contributed by atoms with E-state index >= 15 is 0 Å². The summed E-state index contributed by atoms with van der Waals surface area (Å²) in [4.78, 5) is 48.4. The van der Waals surface area contributed by atoms with Gasteiger partial charge in [0, 0.05) is 32.5 Å². The van der Waals surface area contributed by atoms with Gasteiger partial charge in [-0.3, -0.25) is 19.4 Å². The van der Waals surface area contributed by atoms with Gasteiger partial charge in [0.05, 0.1) is 18.1 Å². The second kappa shape index (κ2) is 18.0. The van der Waals surface area contributed by atoms with E-state index in [4.69, 9.17) is 6.42 Å². The van der Waals surface area contributed by atoms with E-state index in [-0.39, 0.29) is 37.0 Å². The molecule has 4 N–H and O–H groups in total. The Bertz CT molecular complexity index is 1250. The zero-order valence-electron chi connectivity index (χ0n) is 28.5. The average Bonchev–Trinajstić information content (AvgIpc) is 3.95. The van der Waals surface area contributed by atoms with Crippen molar-refractivity contribution in [3.05, 3.63) is 35.9 Å². The summed E-state index contributed by atoms with van der Waals surface area (Å²) in [6.07, 6.45) is 17.4. The maximum atomic E-state index is 14.1. The van der Waals surface area contributed by atoms with Crippen molar-refractivity contribution in [1.82, 2.24) is 15.5 Å². The van der Waals surface area contributed by atoms with Gasteiger partial charge in [-0.05, 0) is 86.8 Å². The molecular formula is C39H56N4O5. The third-order valence-electron chi connectivity index (χ3n) is 11.1. The number of likely N-dealkylation sites (tertiary alicyclic amines) is 1. The van der Waals surface area contributed by atoms with Crippen LogP contribution >= 0.6 is 0 Å². The van der Waals surface area contributed by atoms with Crippen LogP contribution in [0.3, 0.4) is 0 Å². The van der Waals surface area contributed by atoms with Gasteiger partial charge in [0.2, 0.25) is 17.7 Å². The number of benzene rings is 1. The molecule has 262 valence electrons. The first kappa shape index (κ1) is 36.1. The van der Waals surface area contributed by atoms with Crippen LogP contribution < -0.4 is 10.6 Å². The number of amides is 3. The molecule has 9 heteroatoms. The number of rotatable bonds is 15. The summed E-state index contributed by atoms with van der Waals surface area (Å²) in [6.45, 7) is 2.05. The Hall–Kier alpha value is -3.22. The van der Waals surface area contributed by atoms with Gasteiger partial charge in [0.25, 0.3) is 0 Å². The van der Waals surface area contributed by atoms with Gasteiger partial charge in [0.1, 0.15) is 12.1 Å². The summed E-state index contributed by atoms with van der Waals surface area (Å²) >= 11 is 0. The molecule has 0 aromatic heterocycles. The standard InChI is InChI=1S/C39H56N4O5/c1-2-3-14-33(39(48)42-34(22-28-12-8-5-9-13-28)37(46)36(45)31-17-18-31)41-38(47)32(21-27-10-6-4-7-11-27)23-35(44)43-25-29-15-16-30(26-43)24-40-20-19-29/h1,4,6-7,10-11,20,28-34,36-37,45-46H,3,5,8-9,12-19,21-26H2,(H,41,47)(H,42,48)/t29?,30?,32-,33+,34+,36+,37-/m1/s1. The number of terminal acetylenes is 1. The lowest BCUT2D eigenvalue weighted by atomic mass is 9.82. The second-order valence-corrected chi connectivity index (χ2v) is 15.0. The average molecular weight is 661 g/mol. The van der Waals surface area contributed by atoms with Crippen LogP contribution in [0, 0.1) is 41.9 Å². The predicted molar refractivity (Wildman–Crippen MR) is 187 cm³/mol. The molecule has 4 aliphatic rings. The fourth-order valence-electron chi connectivity index (χ4n) is 7.93. The third kappa shape index (κ3) is 10.6. The number of nitrogens with zero attached hydrogens (tertiary/aromatic N) is 2. The molecule has 9 nitrogen and oxygen atoms in total. The molecule has 2 aliphatic heterocycles. The Labute approximate surface area is 286 Å². The van der Waals surface area contributed by atoms with Crippen LogP contribution in [0.1, 0.15) is 95.5 Å². The molecule has 3 amide bonds. The fraction of sp³-hybridized carbons (Fsp3) is 0.692. The number of fused-ring (bicyclic) bond motifs is 3. The Morgan fingerprint density at radius 1 is 0.938 bits per heavy atom. The number of hydrogen-bond donors (Lipinski definition) is 4. The van der Waals surface area contributed by atoms with Crippen LogP contribution in [0.5, 0.6) is 0 Å². The SMILES string of the molecule is C#CCC[C@H](NC(=O)[C@@H](CC(=O)N1CC2CC=NCC(CC2)C1)Cc1ccccc1)C(=O)N[C@@H](CC1CCCCC1)[C@@H](O)[C@@H](O)C1CC1. The minimum atomic E-state index is -1.08. The molecule has 0 radical (unpaired) electrons. The van der Waals surface area contributed by atoms with Crippen LogP contribution in [0.4, 0.5) is 0 Å². The molecule has 7 atom stereocenters. The molecule has 2 unspecified atom stereocenters. The molecule has 48 heavy (non-hydrogen) atoms. The van der Waals surface area contributed by atoms with E-state index in [1.807, 2.05) is 41.4 Å². The summed E-state index contributed by atoms with van der Waals surface area (Å²) in [7, 11) is 0. The van der Waals surface area contributed by atoms with Crippen molar-refractivity contribution >= 4 is 23.9 Å². The molecule has 1 aromatic carbocycles. The highest BCUT2D eigenvalue weighted by Gasteiger charge is 2.40. The van der Waals surface area contributed by atoms with Crippen molar-refractivity contribution in [2.45, 2.75) is 121 Å². The van der Waals surface area contributed by atoms with Crippen molar-refractivity contribution in [2.75, 3.05) is 19.6 Å². The summed E-state index contributed by atoms with van der Waals surface area (Å²) in [6, 6.07) is 8.10. The first-order chi connectivity index (χ1) is 23.3. The van der Waals surface area contributed by atoms with Gasteiger partial charge in [-0.1, -0.05) is 62.4 Å². The van der Waals surface area contributed by atoms with E-state index in [0.29, 0.717) is 43.7 Å². The van der Waals surface area contributed by atoms with Crippen LogP contribution in [-0.2, 0) is 20.8 Å². The van der Waals surface area contributed by atoms with Crippen LogP contribution in [0.15, 0.2) is 35.3 Å². The van der Waals surface area contributed by atoms with Crippen LogP contribution in [-0.4, -0.2) is 83.0 Å². The maximum absolute atomic E-state index is 14.1. The predicted octanol–water partition coefficient (Wildman–Crippen LogP) is 4.05. The normalized spacial score (nSPS) is 24.6. The largest absolute Gasteiger partial charge is 0.390 e. The minimum Gasteiger partial charge on any atom is -0.390 e. The Kier molecular flexibility index (Phi) is 13.5. The number of aliphatic hydroxyl groups excluding tert-OH is 2. The van der Waals surface area contributed by atoms with E-state index in [1.165, 1.54) is 6.42 Å². The van der Waals surface area contributed by atoms with Gasteiger partial charge in [-0.25, -0.2) is 0 Å². The van der Waals surface area contributed by atoms with E-state index in [2.05, 4.69) is 21.5 Å².